The Morgan fingerprint density at radius 2 is 1.26 bits per heavy atom. The molecule has 4 nitrogen and oxygen atoms in total. The van der Waals surface area contributed by atoms with Crippen LogP contribution in [0.4, 0.5) is 0 Å². The summed E-state index contributed by atoms with van der Waals surface area (Å²) in [5.41, 5.74) is 4.73. The largest absolute Gasteiger partial charge is 0.505 e. The summed E-state index contributed by atoms with van der Waals surface area (Å²) in [5.74, 6) is 0.337. The highest BCUT2D eigenvalue weighted by Gasteiger charge is 2.14. The molecule has 0 spiro atoms. The highest BCUT2D eigenvalue weighted by Crippen LogP contribution is 2.30. The molecule has 0 saturated heterocycles. The van der Waals surface area contributed by atoms with E-state index >= 15 is 0 Å². The summed E-state index contributed by atoms with van der Waals surface area (Å²) in [7, 11) is 0. The smallest absolute Gasteiger partial charge is 0.146 e. The van der Waals surface area contributed by atoms with Crippen LogP contribution in [0.5, 0.6) is 5.75 Å². The van der Waals surface area contributed by atoms with Gasteiger partial charge in [-0.25, -0.2) is 0 Å². The Balaban J connectivity index is 1.75. The minimum absolute atomic E-state index is 0.337. The van der Waals surface area contributed by atoms with Crippen molar-refractivity contribution in [2.75, 3.05) is 0 Å². The monoisotopic (exact) mass is 421 g/mol. The van der Waals surface area contributed by atoms with Gasteiger partial charge in [-0.3, -0.25) is 0 Å². The zero-order valence-electron chi connectivity index (χ0n) is 19.4. The van der Waals surface area contributed by atoms with Crippen molar-refractivity contribution in [3.63, 3.8) is 0 Å². The quantitative estimate of drug-likeness (QED) is 0.273. The van der Waals surface area contributed by atoms with Gasteiger partial charge in [0.15, 0.2) is 0 Å². The molecule has 0 aliphatic rings. The van der Waals surface area contributed by atoms with Gasteiger partial charge < -0.3 is 5.11 Å². The van der Waals surface area contributed by atoms with E-state index in [0.717, 1.165) is 35.9 Å². The summed E-state index contributed by atoms with van der Waals surface area (Å²) in [6, 6.07) is 12.2. The second-order valence-electron chi connectivity index (χ2n) is 8.78. The van der Waals surface area contributed by atoms with Gasteiger partial charge in [0.05, 0.1) is 0 Å². The van der Waals surface area contributed by atoms with Gasteiger partial charge >= 0.3 is 0 Å². The molecule has 0 saturated carbocycles. The molecule has 31 heavy (non-hydrogen) atoms. The van der Waals surface area contributed by atoms with Crippen LogP contribution in [0.2, 0.25) is 0 Å². The molecule has 0 fully saturated rings. The third-order valence-electron chi connectivity index (χ3n) is 6.10. The van der Waals surface area contributed by atoms with E-state index in [1.54, 1.807) is 4.80 Å². The zero-order chi connectivity index (χ0) is 21.9. The molecule has 0 aliphatic carbocycles. The van der Waals surface area contributed by atoms with E-state index in [1.165, 1.54) is 69.8 Å². The highest BCUT2D eigenvalue weighted by atomic mass is 16.3. The van der Waals surface area contributed by atoms with Crippen LogP contribution in [0.1, 0.15) is 95.6 Å². The van der Waals surface area contributed by atoms with Crippen LogP contribution in [-0.2, 0) is 12.8 Å². The number of aromatic hydroxyl groups is 1. The normalized spacial score (nSPS) is 11.4. The maximum absolute atomic E-state index is 11.1. The van der Waals surface area contributed by atoms with Crippen molar-refractivity contribution < 1.29 is 5.11 Å². The Morgan fingerprint density at radius 3 is 1.90 bits per heavy atom. The first kappa shape index (κ1) is 23.3. The van der Waals surface area contributed by atoms with Gasteiger partial charge in [0.1, 0.15) is 22.5 Å². The first-order chi connectivity index (χ1) is 15.2. The van der Waals surface area contributed by atoms with E-state index in [1.807, 2.05) is 24.3 Å². The second-order valence-corrected chi connectivity index (χ2v) is 8.78. The van der Waals surface area contributed by atoms with Gasteiger partial charge in [0.25, 0.3) is 0 Å². The molecule has 3 rings (SSSR count). The predicted molar refractivity (Wildman–Crippen MR) is 130 cm³/mol. The summed E-state index contributed by atoms with van der Waals surface area (Å²) in [5, 5.41) is 20.3. The predicted octanol–water partition coefficient (Wildman–Crippen LogP) is 7.54. The number of aryl methyl sites for hydroxylation is 2. The number of rotatable bonds is 14. The van der Waals surface area contributed by atoms with E-state index in [-0.39, 0.29) is 0 Å². The van der Waals surface area contributed by atoms with Crippen molar-refractivity contribution in [3.8, 4) is 11.4 Å². The average molecular weight is 422 g/mol. The van der Waals surface area contributed by atoms with Crippen LogP contribution in [0.25, 0.3) is 16.7 Å². The van der Waals surface area contributed by atoms with Gasteiger partial charge in [-0.05, 0) is 55.0 Å². The minimum Gasteiger partial charge on any atom is -0.505 e. The number of hydrogen-bond acceptors (Lipinski definition) is 3. The fourth-order valence-corrected chi connectivity index (χ4v) is 4.23. The van der Waals surface area contributed by atoms with Gasteiger partial charge in [-0.15, -0.1) is 15.0 Å². The molecule has 4 heteroatoms. The van der Waals surface area contributed by atoms with Crippen molar-refractivity contribution in [1.82, 2.24) is 15.0 Å². The molecule has 0 amide bonds. The molecule has 1 heterocycles. The van der Waals surface area contributed by atoms with E-state index in [4.69, 9.17) is 0 Å². The van der Waals surface area contributed by atoms with E-state index < -0.39 is 0 Å². The number of unbranched alkanes of at least 4 members (excludes halogenated alkanes) is 9. The fraction of sp³-hybridized carbons (Fsp3) is 0.556. The highest BCUT2D eigenvalue weighted by molar-refractivity contribution is 5.73. The van der Waals surface area contributed by atoms with Gasteiger partial charge in [0.2, 0.25) is 0 Å². The van der Waals surface area contributed by atoms with E-state index in [2.05, 4.69) is 36.2 Å². The lowest BCUT2D eigenvalue weighted by molar-refractivity contribution is 0.458. The van der Waals surface area contributed by atoms with Crippen LogP contribution in [-0.4, -0.2) is 20.1 Å². The summed E-state index contributed by atoms with van der Waals surface area (Å²) >= 11 is 0. The fourth-order valence-electron chi connectivity index (χ4n) is 4.23. The summed E-state index contributed by atoms with van der Waals surface area (Å²) in [6.45, 7) is 4.50. The SMILES string of the molecule is CCCCCCCCCc1cc(CCCCCC)cc(-n2nc3ccccc3n2)c1O. The van der Waals surface area contributed by atoms with Crippen molar-refractivity contribution >= 4 is 11.0 Å². The van der Waals surface area contributed by atoms with Crippen molar-refractivity contribution in [2.24, 2.45) is 0 Å². The van der Waals surface area contributed by atoms with Crippen LogP contribution in [0, 0.1) is 0 Å². The van der Waals surface area contributed by atoms with Crippen LogP contribution >= 0.6 is 0 Å². The van der Waals surface area contributed by atoms with Crippen LogP contribution < -0.4 is 0 Å². The van der Waals surface area contributed by atoms with E-state index in [0.29, 0.717) is 11.4 Å². The summed E-state index contributed by atoms with van der Waals surface area (Å²) in [6.07, 6.45) is 15.8. The Kier molecular flexibility index (Phi) is 9.39. The molecule has 0 radical (unpaired) electrons. The molecular formula is C27H39N3O. The molecule has 2 aromatic carbocycles. The number of benzene rings is 2. The molecule has 0 atom stereocenters. The Hall–Kier alpha value is -2.36. The number of phenolic OH excluding ortho intramolecular Hbond substituents is 1. The van der Waals surface area contributed by atoms with Crippen LogP contribution in [0.15, 0.2) is 36.4 Å². The molecule has 168 valence electrons. The zero-order valence-corrected chi connectivity index (χ0v) is 19.4. The number of phenols is 1. The van der Waals surface area contributed by atoms with Crippen molar-refractivity contribution in [1.29, 1.82) is 0 Å². The number of aromatic nitrogens is 3. The van der Waals surface area contributed by atoms with Gasteiger partial charge in [-0.2, -0.15) is 0 Å². The third kappa shape index (κ3) is 6.81. The summed E-state index contributed by atoms with van der Waals surface area (Å²) < 4.78 is 0. The minimum atomic E-state index is 0.337. The van der Waals surface area contributed by atoms with Gasteiger partial charge in [0, 0.05) is 0 Å². The topological polar surface area (TPSA) is 50.9 Å². The van der Waals surface area contributed by atoms with Crippen molar-refractivity contribution in [2.45, 2.75) is 97.3 Å². The molecule has 3 aromatic rings. The Bertz CT molecular complexity index is 898. The maximum atomic E-state index is 11.1. The van der Waals surface area contributed by atoms with Gasteiger partial charge in [-0.1, -0.05) is 89.8 Å². The average Bonchev–Trinajstić information content (AvgIpc) is 3.21. The number of fused-ring (bicyclic) bond motifs is 1. The third-order valence-corrected chi connectivity index (χ3v) is 6.10. The lowest BCUT2D eigenvalue weighted by atomic mass is 9.98. The standard InChI is InChI=1S/C27H39N3O/c1-3-5-7-9-10-11-13-17-23-20-22(16-12-8-6-4-2)21-26(27(23)31)30-28-24-18-14-15-19-25(24)29-30/h14-15,18-21,31H,3-13,16-17H2,1-2H3. The maximum Gasteiger partial charge on any atom is 0.146 e. The molecule has 1 N–H and O–H groups in total. The first-order valence-electron chi connectivity index (χ1n) is 12.4. The molecule has 0 aliphatic heterocycles. The molecule has 0 bridgehead atoms. The Labute approximate surface area is 187 Å². The lowest BCUT2D eigenvalue weighted by Crippen LogP contribution is -2.03. The summed E-state index contributed by atoms with van der Waals surface area (Å²) in [4.78, 5) is 1.61. The number of hydrogen-bond donors (Lipinski definition) is 1. The molecule has 0 unspecified atom stereocenters. The molecular weight excluding hydrogens is 382 g/mol. The Morgan fingerprint density at radius 1 is 0.710 bits per heavy atom. The lowest BCUT2D eigenvalue weighted by Gasteiger charge is -2.13. The number of nitrogens with zero attached hydrogens (tertiary/aromatic N) is 3. The molecule has 1 aromatic heterocycles. The van der Waals surface area contributed by atoms with Crippen molar-refractivity contribution in [3.05, 3.63) is 47.5 Å². The second kappa shape index (κ2) is 12.5. The van der Waals surface area contributed by atoms with E-state index in [9.17, 15) is 5.11 Å². The van der Waals surface area contributed by atoms with Crippen LogP contribution in [0.3, 0.4) is 0 Å². The first-order valence-corrected chi connectivity index (χ1v) is 12.4.